The molecule has 1 aromatic carbocycles. The minimum Gasteiger partial charge on any atom is -0.493 e. The lowest BCUT2D eigenvalue weighted by Gasteiger charge is -2.40. The summed E-state index contributed by atoms with van der Waals surface area (Å²) >= 11 is 0. The highest BCUT2D eigenvalue weighted by molar-refractivity contribution is 5.86. The van der Waals surface area contributed by atoms with Crippen molar-refractivity contribution in [1.82, 2.24) is 0 Å². The second kappa shape index (κ2) is 8.83. The standard InChI is InChI=1S/C21H26O9/c1-4-28-13-5-9(2)15-12(24)7-11(6-10(3)23)29-20(15)16(13)21-19(27)18(26)17(25)14(8-22)30-21/h5,7,14,17-19,21-22,25-27H,4,6,8H2,1-3H3. The number of benzene rings is 1. The maximum Gasteiger partial charge on any atom is 0.193 e. The summed E-state index contributed by atoms with van der Waals surface area (Å²) in [6.07, 6.45) is -7.24. The molecule has 0 saturated carbocycles. The zero-order valence-electron chi connectivity index (χ0n) is 17.0. The minimum absolute atomic E-state index is 0.0616. The highest BCUT2D eigenvalue weighted by atomic mass is 16.5. The van der Waals surface area contributed by atoms with Crippen molar-refractivity contribution in [2.24, 2.45) is 0 Å². The van der Waals surface area contributed by atoms with Crippen LogP contribution in [0.5, 0.6) is 5.75 Å². The quantitative estimate of drug-likeness (QED) is 0.511. The molecule has 2 heterocycles. The fraction of sp³-hybridized carbons (Fsp3) is 0.524. The molecule has 164 valence electrons. The van der Waals surface area contributed by atoms with Gasteiger partial charge in [0.15, 0.2) is 5.43 Å². The summed E-state index contributed by atoms with van der Waals surface area (Å²) < 4.78 is 17.3. The molecule has 2 aromatic rings. The first-order chi connectivity index (χ1) is 14.2. The Morgan fingerprint density at radius 3 is 2.47 bits per heavy atom. The van der Waals surface area contributed by atoms with Gasteiger partial charge in [0, 0.05) is 6.07 Å². The van der Waals surface area contributed by atoms with Crippen LogP contribution in [-0.4, -0.2) is 63.8 Å². The van der Waals surface area contributed by atoms with Gasteiger partial charge >= 0.3 is 0 Å². The molecule has 0 aliphatic carbocycles. The van der Waals surface area contributed by atoms with Crippen LogP contribution < -0.4 is 10.2 Å². The average molecular weight is 422 g/mol. The molecule has 1 aromatic heterocycles. The highest BCUT2D eigenvalue weighted by Crippen LogP contribution is 2.42. The number of aliphatic hydroxyl groups excluding tert-OH is 4. The number of fused-ring (bicyclic) bond motifs is 1. The van der Waals surface area contributed by atoms with Crippen LogP contribution in [0, 0.1) is 6.92 Å². The van der Waals surface area contributed by atoms with Crippen LogP contribution in [-0.2, 0) is 16.0 Å². The van der Waals surface area contributed by atoms with Crippen molar-refractivity contribution in [2.75, 3.05) is 13.2 Å². The van der Waals surface area contributed by atoms with Crippen LogP contribution in [0.15, 0.2) is 21.3 Å². The molecule has 1 aliphatic heterocycles. The van der Waals surface area contributed by atoms with E-state index in [1.807, 2.05) is 0 Å². The lowest BCUT2D eigenvalue weighted by atomic mass is 9.89. The summed E-state index contributed by atoms with van der Waals surface area (Å²) in [4.78, 5) is 24.3. The van der Waals surface area contributed by atoms with E-state index in [2.05, 4.69) is 0 Å². The van der Waals surface area contributed by atoms with E-state index in [-0.39, 0.29) is 52.3 Å². The summed E-state index contributed by atoms with van der Waals surface area (Å²) in [7, 11) is 0. The summed E-state index contributed by atoms with van der Waals surface area (Å²) in [5, 5.41) is 40.7. The Labute approximate surface area is 172 Å². The molecule has 9 nitrogen and oxygen atoms in total. The maximum absolute atomic E-state index is 12.8. The Morgan fingerprint density at radius 2 is 1.87 bits per heavy atom. The van der Waals surface area contributed by atoms with Gasteiger partial charge in [-0.2, -0.15) is 0 Å². The molecule has 1 saturated heterocycles. The van der Waals surface area contributed by atoms with E-state index in [0.717, 1.165) is 0 Å². The van der Waals surface area contributed by atoms with Crippen molar-refractivity contribution >= 4 is 16.8 Å². The topological polar surface area (TPSA) is 147 Å². The van der Waals surface area contributed by atoms with Crippen LogP contribution in [0.1, 0.15) is 36.8 Å². The number of hydrogen-bond donors (Lipinski definition) is 4. The largest absolute Gasteiger partial charge is 0.493 e. The van der Waals surface area contributed by atoms with Crippen LogP contribution in [0.4, 0.5) is 0 Å². The van der Waals surface area contributed by atoms with Gasteiger partial charge in [0.2, 0.25) is 0 Å². The molecule has 5 atom stereocenters. The first-order valence-corrected chi connectivity index (χ1v) is 9.72. The van der Waals surface area contributed by atoms with E-state index in [1.165, 1.54) is 13.0 Å². The van der Waals surface area contributed by atoms with E-state index in [0.29, 0.717) is 5.56 Å². The van der Waals surface area contributed by atoms with Gasteiger partial charge in [0.05, 0.1) is 30.6 Å². The second-order valence-electron chi connectivity index (χ2n) is 7.45. The van der Waals surface area contributed by atoms with E-state index >= 15 is 0 Å². The maximum atomic E-state index is 12.8. The van der Waals surface area contributed by atoms with Gasteiger partial charge in [-0.25, -0.2) is 0 Å². The Balaban J connectivity index is 2.31. The van der Waals surface area contributed by atoms with Crippen LogP contribution >= 0.6 is 0 Å². The second-order valence-corrected chi connectivity index (χ2v) is 7.45. The summed E-state index contributed by atoms with van der Waals surface area (Å²) in [5.74, 6) is 0.193. The van der Waals surface area contributed by atoms with Gasteiger partial charge in [-0.05, 0) is 32.4 Å². The van der Waals surface area contributed by atoms with Crippen molar-refractivity contribution in [1.29, 1.82) is 0 Å². The van der Waals surface area contributed by atoms with Crippen LogP contribution in [0.25, 0.3) is 11.0 Å². The van der Waals surface area contributed by atoms with E-state index < -0.39 is 37.1 Å². The monoisotopic (exact) mass is 422 g/mol. The van der Waals surface area contributed by atoms with E-state index in [9.17, 15) is 30.0 Å². The predicted molar refractivity (Wildman–Crippen MR) is 105 cm³/mol. The number of aliphatic hydroxyl groups is 4. The molecule has 1 aliphatic rings. The van der Waals surface area contributed by atoms with Crippen LogP contribution in [0.2, 0.25) is 0 Å². The van der Waals surface area contributed by atoms with E-state index in [1.54, 1.807) is 19.9 Å². The molecule has 9 heteroatoms. The van der Waals surface area contributed by atoms with Gasteiger partial charge in [0.1, 0.15) is 53.4 Å². The molecule has 0 amide bonds. The van der Waals surface area contributed by atoms with E-state index in [4.69, 9.17) is 13.9 Å². The van der Waals surface area contributed by atoms with Gasteiger partial charge in [-0.1, -0.05) is 0 Å². The minimum atomic E-state index is -1.61. The number of rotatable bonds is 6. The average Bonchev–Trinajstić information content (AvgIpc) is 2.67. The Kier molecular flexibility index (Phi) is 6.59. The Morgan fingerprint density at radius 1 is 1.17 bits per heavy atom. The first kappa shape index (κ1) is 22.4. The number of carbonyl (C=O) groups excluding carboxylic acids is 1. The Bertz CT molecular complexity index is 994. The molecule has 4 N–H and O–H groups in total. The molecule has 30 heavy (non-hydrogen) atoms. The summed E-state index contributed by atoms with van der Waals surface area (Å²) in [5.41, 5.74) is 0.409. The molecule has 0 spiro atoms. The fourth-order valence-electron chi connectivity index (χ4n) is 3.78. The third-order valence-corrected chi connectivity index (χ3v) is 5.15. The van der Waals surface area contributed by atoms with Crippen molar-refractivity contribution in [2.45, 2.75) is 57.7 Å². The van der Waals surface area contributed by atoms with Crippen molar-refractivity contribution in [3.63, 3.8) is 0 Å². The van der Waals surface area contributed by atoms with Crippen molar-refractivity contribution in [3.8, 4) is 5.75 Å². The fourth-order valence-corrected chi connectivity index (χ4v) is 3.78. The van der Waals surface area contributed by atoms with Gasteiger partial charge in [-0.15, -0.1) is 0 Å². The molecule has 0 radical (unpaired) electrons. The van der Waals surface area contributed by atoms with Crippen molar-refractivity contribution in [3.05, 3.63) is 39.2 Å². The first-order valence-electron chi connectivity index (χ1n) is 9.72. The number of ketones is 1. The number of carbonyl (C=O) groups is 1. The molecule has 1 fully saturated rings. The summed E-state index contributed by atoms with van der Waals surface area (Å²) in [6.45, 7) is 4.47. The third-order valence-electron chi connectivity index (χ3n) is 5.15. The number of aryl methyl sites for hydroxylation is 1. The lowest BCUT2D eigenvalue weighted by Crippen LogP contribution is -2.55. The molecule has 3 rings (SSSR count). The van der Waals surface area contributed by atoms with Gasteiger partial charge in [0.25, 0.3) is 0 Å². The molecule has 5 unspecified atom stereocenters. The smallest absolute Gasteiger partial charge is 0.193 e. The number of ether oxygens (including phenoxy) is 2. The molecule has 0 bridgehead atoms. The van der Waals surface area contributed by atoms with Gasteiger partial charge < -0.3 is 34.3 Å². The third kappa shape index (κ3) is 3.99. The Hall–Kier alpha value is -2.30. The zero-order chi connectivity index (χ0) is 22.2. The lowest BCUT2D eigenvalue weighted by molar-refractivity contribution is -0.231. The number of hydrogen-bond acceptors (Lipinski definition) is 9. The normalized spacial score (nSPS) is 26.7. The SMILES string of the molecule is CCOc1cc(C)c2c(=O)cc(CC(C)=O)oc2c1C1OC(CO)C(O)C(O)C1O. The predicted octanol–water partition coefficient (Wildman–Crippen LogP) is 0.147. The van der Waals surface area contributed by atoms with Crippen LogP contribution in [0.3, 0.4) is 0 Å². The zero-order valence-corrected chi connectivity index (χ0v) is 17.0. The summed E-state index contributed by atoms with van der Waals surface area (Å²) in [6, 6.07) is 2.85. The van der Waals surface area contributed by atoms with Crippen molar-refractivity contribution < 1.29 is 39.1 Å². The molecular formula is C21H26O9. The van der Waals surface area contributed by atoms with Gasteiger partial charge in [-0.3, -0.25) is 9.59 Å². The number of Topliss-reactive ketones (excluding diaryl/α,β-unsaturated/α-hetero) is 1. The highest BCUT2D eigenvalue weighted by Gasteiger charge is 2.46. The molecular weight excluding hydrogens is 396 g/mol.